The van der Waals surface area contributed by atoms with Crippen LogP contribution < -0.4 is 10.1 Å². The summed E-state index contributed by atoms with van der Waals surface area (Å²) in [6.45, 7) is 1.40. The van der Waals surface area contributed by atoms with E-state index in [4.69, 9.17) is 16.3 Å². The molecule has 7 nitrogen and oxygen atoms in total. The van der Waals surface area contributed by atoms with Crippen molar-refractivity contribution in [3.05, 3.63) is 142 Å². The van der Waals surface area contributed by atoms with E-state index in [2.05, 4.69) is 15.6 Å². The van der Waals surface area contributed by atoms with Gasteiger partial charge in [0.1, 0.15) is 24.2 Å². The Morgan fingerprint density at radius 3 is 2.33 bits per heavy atom. The third-order valence-electron chi connectivity index (χ3n) is 6.64. The molecule has 5 aromatic rings. The molecule has 2 heterocycles. The molecule has 1 aliphatic rings. The van der Waals surface area contributed by atoms with Crippen molar-refractivity contribution in [2.75, 3.05) is 5.32 Å². The number of nitrogens with one attached hydrogen (secondary N) is 1. The largest absolute Gasteiger partial charge is 0.487 e. The third-order valence-corrected chi connectivity index (χ3v) is 6.90. The van der Waals surface area contributed by atoms with Gasteiger partial charge in [0.05, 0.1) is 18.3 Å². The summed E-state index contributed by atoms with van der Waals surface area (Å²) < 4.78 is 7.75. The second kappa shape index (κ2) is 11.0. The number of amides is 1. The Kier molecular flexibility index (Phi) is 6.97. The average Bonchev–Trinajstić information content (AvgIpc) is 3.42. The molecule has 1 N–H and O–H groups in total. The van der Waals surface area contributed by atoms with Gasteiger partial charge in [0, 0.05) is 17.3 Å². The number of carbonyl (C=O) groups is 1. The van der Waals surface area contributed by atoms with Gasteiger partial charge < -0.3 is 15.0 Å². The van der Waals surface area contributed by atoms with Gasteiger partial charge >= 0.3 is 0 Å². The maximum atomic E-state index is 13.5. The number of fused-ring (bicyclic) bond motifs is 1. The van der Waals surface area contributed by atoms with Crippen molar-refractivity contribution in [2.45, 2.75) is 25.9 Å². The van der Waals surface area contributed by atoms with E-state index < -0.39 is 0 Å². The number of hydrogen-bond acceptors (Lipinski definition) is 5. The molecule has 1 aliphatic heterocycles. The summed E-state index contributed by atoms with van der Waals surface area (Å²) in [5, 5.41) is 12.7. The molecule has 0 bridgehead atoms. The number of ether oxygens (including phenoxy) is 1. The molecule has 0 saturated heterocycles. The van der Waals surface area contributed by atoms with Crippen LogP contribution in [-0.2, 0) is 19.7 Å². The van der Waals surface area contributed by atoms with Crippen LogP contribution in [0.5, 0.6) is 5.75 Å². The Labute approximate surface area is 231 Å². The highest BCUT2D eigenvalue weighted by molar-refractivity contribution is 6.30. The highest BCUT2D eigenvalue weighted by atomic mass is 35.5. The van der Waals surface area contributed by atoms with E-state index in [1.807, 2.05) is 114 Å². The monoisotopic (exact) mass is 535 g/mol. The minimum atomic E-state index is -0.311. The molecule has 1 amide bonds. The molecule has 0 aliphatic carbocycles. The Morgan fingerprint density at radius 1 is 0.821 bits per heavy atom. The first-order chi connectivity index (χ1) is 19.1. The number of carbonyl (C=O) groups excluding carboxylic acids is 1. The van der Waals surface area contributed by atoms with Crippen molar-refractivity contribution >= 4 is 23.2 Å². The lowest BCUT2D eigenvalue weighted by Crippen LogP contribution is -2.42. The minimum Gasteiger partial charge on any atom is -0.487 e. The molecule has 0 spiro atoms. The Hall–Kier alpha value is -4.62. The second-order valence-electron chi connectivity index (χ2n) is 9.40. The van der Waals surface area contributed by atoms with Crippen molar-refractivity contribution in [3.8, 4) is 5.75 Å². The topological polar surface area (TPSA) is 72.3 Å². The van der Waals surface area contributed by atoms with E-state index in [1.165, 1.54) is 0 Å². The lowest BCUT2D eigenvalue weighted by atomic mass is 10.0. The van der Waals surface area contributed by atoms with Gasteiger partial charge in [-0.15, -0.1) is 5.10 Å². The zero-order valence-electron chi connectivity index (χ0n) is 21.1. The van der Waals surface area contributed by atoms with Crippen LogP contribution in [0.3, 0.4) is 0 Å². The summed E-state index contributed by atoms with van der Waals surface area (Å²) in [4.78, 5) is 15.4. The van der Waals surface area contributed by atoms with E-state index in [0.717, 1.165) is 28.1 Å². The first-order valence-electron chi connectivity index (χ1n) is 12.7. The van der Waals surface area contributed by atoms with E-state index in [9.17, 15) is 4.79 Å². The second-order valence-corrected chi connectivity index (χ2v) is 9.84. The molecule has 1 atom stereocenters. The van der Waals surface area contributed by atoms with Crippen molar-refractivity contribution in [2.24, 2.45) is 0 Å². The fraction of sp³-hybridized carbons (Fsp3) is 0.129. The fourth-order valence-corrected chi connectivity index (χ4v) is 4.79. The molecular formula is C31H26ClN5O2. The zero-order valence-corrected chi connectivity index (χ0v) is 21.8. The number of para-hydroxylation sites is 1. The Bertz CT molecular complexity index is 1570. The Balaban J connectivity index is 1.15. The number of anilines is 1. The highest BCUT2D eigenvalue weighted by Gasteiger charge is 2.32. The summed E-state index contributed by atoms with van der Waals surface area (Å²) in [5.74, 6) is 0.711. The summed E-state index contributed by atoms with van der Waals surface area (Å²) in [6, 6.07) is 33.1. The predicted octanol–water partition coefficient (Wildman–Crippen LogP) is 6.33. The van der Waals surface area contributed by atoms with Crippen LogP contribution in [0.25, 0.3) is 0 Å². The predicted molar refractivity (Wildman–Crippen MR) is 150 cm³/mol. The van der Waals surface area contributed by atoms with Crippen LogP contribution in [0.1, 0.15) is 38.9 Å². The van der Waals surface area contributed by atoms with Crippen molar-refractivity contribution in [3.63, 3.8) is 0 Å². The molecule has 6 rings (SSSR count). The standard InChI is InChI=1S/C31H26ClN5O2/c32-25-14-10-23(11-15-25)18-36-20-26(34-35-36)21-39-27-16-12-24(13-17-27)30-33-29-9-5-4-8-28(29)31(38)37(30)19-22-6-2-1-3-7-22/h1-17,20,30,33H,18-19,21H2. The molecule has 0 radical (unpaired) electrons. The van der Waals surface area contributed by atoms with Crippen LogP contribution in [0, 0.1) is 0 Å². The van der Waals surface area contributed by atoms with Gasteiger partial charge in [0.2, 0.25) is 0 Å². The first kappa shape index (κ1) is 24.7. The Morgan fingerprint density at radius 2 is 1.54 bits per heavy atom. The highest BCUT2D eigenvalue weighted by Crippen LogP contribution is 2.34. The normalized spacial score (nSPS) is 14.5. The van der Waals surface area contributed by atoms with Crippen LogP contribution in [0.2, 0.25) is 5.02 Å². The van der Waals surface area contributed by atoms with Gasteiger partial charge in [-0.2, -0.15) is 0 Å². The third kappa shape index (κ3) is 5.63. The number of benzene rings is 4. The van der Waals surface area contributed by atoms with Crippen molar-refractivity contribution < 1.29 is 9.53 Å². The quantitative estimate of drug-likeness (QED) is 0.251. The zero-order chi connectivity index (χ0) is 26.6. The van der Waals surface area contributed by atoms with E-state index >= 15 is 0 Å². The van der Waals surface area contributed by atoms with E-state index in [0.29, 0.717) is 36.0 Å². The summed E-state index contributed by atoms with van der Waals surface area (Å²) in [6.07, 6.45) is 1.56. The minimum absolute atomic E-state index is 0.000200. The van der Waals surface area contributed by atoms with Gasteiger partial charge in [-0.3, -0.25) is 4.79 Å². The van der Waals surface area contributed by atoms with Gasteiger partial charge in [-0.25, -0.2) is 4.68 Å². The van der Waals surface area contributed by atoms with Crippen LogP contribution in [0.15, 0.2) is 109 Å². The molecule has 1 aromatic heterocycles. The van der Waals surface area contributed by atoms with Crippen molar-refractivity contribution in [1.82, 2.24) is 19.9 Å². The van der Waals surface area contributed by atoms with Gasteiger partial charge in [-0.1, -0.05) is 83.5 Å². The maximum absolute atomic E-state index is 13.5. The molecule has 194 valence electrons. The smallest absolute Gasteiger partial charge is 0.258 e. The lowest BCUT2D eigenvalue weighted by Gasteiger charge is -2.38. The molecule has 8 heteroatoms. The van der Waals surface area contributed by atoms with Gasteiger partial charge in [0.25, 0.3) is 5.91 Å². The number of nitrogens with zero attached hydrogens (tertiary/aromatic N) is 4. The molecule has 4 aromatic carbocycles. The molecule has 39 heavy (non-hydrogen) atoms. The van der Waals surface area contributed by atoms with Crippen LogP contribution >= 0.6 is 11.6 Å². The summed E-state index contributed by atoms with van der Waals surface area (Å²) in [5.41, 5.74) is 5.37. The number of hydrogen-bond donors (Lipinski definition) is 1. The number of aromatic nitrogens is 3. The number of rotatable bonds is 8. The van der Waals surface area contributed by atoms with E-state index in [1.54, 1.807) is 4.68 Å². The maximum Gasteiger partial charge on any atom is 0.258 e. The van der Waals surface area contributed by atoms with E-state index in [-0.39, 0.29) is 12.1 Å². The molecule has 1 unspecified atom stereocenters. The van der Waals surface area contributed by atoms with Crippen molar-refractivity contribution in [1.29, 1.82) is 0 Å². The molecule has 0 saturated carbocycles. The summed E-state index contributed by atoms with van der Waals surface area (Å²) in [7, 11) is 0. The molecule has 0 fully saturated rings. The average molecular weight is 536 g/mol. The molecular weight excluding hydrogens is 510 g/mol. The SMILES string of the molecule is O=C1c2ccccc2NC(c2ccc(OCc3cn(Cc4ccc(Cl)cc4)nn3)cc2)N1Cc1ccccc1. The lowest BCUT2D eigenvalue weighted by molar-refractivity contribution is 0.0666. The fourth-order valence-electron chi connectivity index (χ4n) is 4.66. The number of halogens is 1. The van der Waals surface area contributed by atoms with Gasteiger partial charge in [-0.05, 0) is 53.1 Å². The summed E-state index contributed by atoms with van der Waals surface area (Å²) >= 11 is 5.97. The van der Waals surface area contributed by atoms with Crippen LogP contribution in [0.4, 0.5) is 5.69 Å². The first-order valence-corrected chi connectivity index (χ1v) is 13.1. The van der Waals surface area contributed by atoms with Gasteiger partial charge in [0.15, 0.2) is 0 Å². The van der Waals surface area contributed by atoms with Crippen LogP contribution in [-0.4, -0.2) is 25.8 Å².